The van der Waals surface area contributed by atoms with Gasteiger partial charge in [0.1, 0.15) is 0 Å². The number of amides is 1. The minimum absolute atomic E-state index is 0.0740. The second kappa shape index (κ2) is 6.95. The Hall–Kier alpha value is -1.26. The van der Waals surface area contributed by atoms with Gasteiger partial charge in [0.05, 0.1) is 5.41 Å². The highest BCUT2D eigenvalue weighted by atomic mass is 16.7. The molecule has 1 unspecified atom stereocenters. The van der Waals surface area contributed by atoms with Crippen LogP contribution in [0.2, 0.25) is 0 Å². The number of rotatable bonds is 3. The summed E-state index contributed by atoms with van der Waals surface area (Å²) < 4.78 is 10.7. The average molecular weight is 285 g/mol. The number of piperidine rings is 1. The van der Waals surface area contributed by atoms with Crippen molar-refractivity contribution in [2.45, 2.75) is 60.2 Å². The van der Waals surface area contributed by atoms with E-state index in [1.165, 1.54) is 0 Å². The van der Waals surface area contributed by atoms with E-state index in [1.54, 1.807) is 25.7 Å². The number of esters is 1. The Morgan fingerprint density at radius 3 is 2.00 bits per heavy atom. The van der Waals surface area contributed by atoms with Gasteiger partial charge in [-0.05, 0) is 40.0 Å². The van der Waals surface area contributed by atoms with Crippen molar-refractivity contribution in [3.05, 3.63) is 0 Å². The predicted molar refractivity (Wildman–Crippen MR) is 76.1 cm³/mol. The van der Waals surface area contributed by atoms with Crippen LogP contribution < -0.4 is 0 Å². The van der Waals surface area contributed by atoms with Crippen molar-refractivity contribution in [2.24, 2.45) is 11.3 Å². The van der Waals surface area contributed by atoms with E-state index >= 15 is 0 Å². The molecule has 0 aromatic rings. The summed E-state index contributed by atoms with van der Waals surface area (Å²) in [4.78, 5) is 25.7. The molecule has 1 saturated heterocycles. The molecular weight excluding hydrogens is 258 g/mol. The minimum atomic E-state index is -0.823. The van der Waals surface area contributed by atoms with E-state index in [4.69, 9.17) is 9.47 Å². The molecule has 0 aliphatic carbocycles. The lowest BCUT2D eigenvalue weighted by Gasteiger charge is -2.30. The van der Waals surface area contributed by atoms with Crippen LogP contribution in [-0.2, 0) is 14.3 Å². The molecule has 0 bridgehead atoms. The summed E-state index contributed by atoms with van der Waals surface area (Å²) in [6.07, 6.45) is 1.95. The van der Waals surface area contributed by atoms with Crippen LogP contribution in [0.25, 0.3) is 0 Å². The van der Waals surface area contributed by atoms with Crippen LogP contribution in [0.4, 0.5) is 4.79 Å². The first-order valence-electron chi connectivity index (χ1n) is 7.38. The first-order chi connectivity index (χ1) is 9.21. The van der Waals surface area contributed by atoms with Crippen molar-refractivity contribution in [3.63, 3.8) is 0 Å². The van der Waals surface area contributed by atoms with Gasteiger partial charge >= 0.3 is 12.1 Å². The van der Waals surface area contributed by atoms with E-state index in [0.29, 0.717) is 0 Å². The minimum Gasteiger partial charge on any atom is -0.424 e. The van der Waals surface area contributed by atoms with Gasteiger partial charge < -0.3 is 14.4 Å². The van der Waals surface area contributed by atoms with E-state index in [2.05, 4.69) is 0 Å². The molecule has 0 N–H and O–H groups in total. The number of nitrogens with zero attached hydrogens (tertiary/aromatic N) is 1. The Labute approximate surface area is 121 Å². The van der Waals surface area contributed by atoms with Crippen LogP contribution >= 0.6 is 0 Å². The van der Waals surface area contributed by atoms with Crippen LogP contribution in [0, 0.1) is 11.3 Å². The monoisotopic (exact) mass is 285 g/mol. The van der Waals surface area contributed by atoms with Crippen molar-refractivity contribution in [3.8, 4) is 0 Å². The first-order valence-corrected chi connectivity index (χ1v) is 7.38. The summed E-state index contributed by atoms with van der Waals surface area (Å²) in [7, 11) is 0. The van der Waals surface area contributed by atoms with Crippen LogP contribution in [0.1, 0.15) is 53.9 Å². The molecule has 1 aliphatic rings. The fourth-order valence-corrected chi connectivity index (χ4v) is 1.83. The van der Waals surface area contributed by atoms with Gasteiger partial charge in [-0.15, -0.1) is 0 Å². The van der Waals surface area contributed by atoms with E-state index in [-0.39, 0.29) is 18.0 Å². The second-order valence-corrected chi connectivity index (χ2v) is 6.70. The van der Waals surface area contributed by atoms with E-state index in [9.17, 15) is 9.59 Å². The number of hydrogen-bond acceptors (Lipinski definition) is 4. The Morgan fingerprint density at radius 2 is 1.55 bits per heavy atom. The molecule has 1 aliphatic heterocycles. The highest BCUT2D eigenvalue weighted by Gasteiger charge is 2.31. The molecule has 0 aromatic carbocycles. The van der Waals surface area contributed by atoms with Crippen LogP contribution in [0.5, 0.6) is 0 Å². The smallest absolute Gasteiger partial charge is 0.412 e. The molecule has 1 fully saturated rings. The predicted octanol–water partition coefficient (Wildman–Crippen LogP) is 3.18. The lowest BCUT2D eigenvalue weighted by molar-refractivity contribution is -0.185. The lowest BCUT2D eigenvalue weighted by Crippen LogP contribution is -2.41. The quantitative estimate of drug-likeness (QED) is 0.590. The van der Waals surface area contributed by atoms with Gasteiger partial charge in [0, 0.05) is 19.0 Å². The van der Waals surface area contributed by atoms with Gasteiger partial charge in [0.25, 0.3) is 6.29 Å². The average Bonchev–Trinajstić information content (AvgIpc) is 2.37. The molecule has 0 radical (unpaired) electrons. The normalized spacial score (nSPS) is 17.8. The van der Waals surface area contributed by atoms with Crippen molar-refractivity contribution in [1.82, 2.24) is 4.90 Å². The largest absolute Gasteiger partial charge is 0.424 e. The van der Waals surface area contributed by atoms with E-state index < -0.39 is 11.7 Å². The maximum atomic E-state index is 12.1. The van der Waals surface area contributed by atoms with E-state index in [0.717, 1.165) is 32.4 Å². The zero-order valence-electron chi connectivity index (χ0n) is 13.3. The zero-order chi connectivity index (χ0) is 15.3. The van der Waals surface area contributed by atoms with Crippen molar-refractivity contribution >= 4 is 12.1 Å². The van der Waals surface area contributed by atoms with Gasteiger partial charge in [-0.25, -0.2) is 4.79 Å². The van der Waals surface area contributed by atoms with Crippen LogP contribution in [0.15, 0.2) is 0 Å². The number of ether oxygens (including phenoxy) is 2. The standard InChI is InChI=1S/C15H27NO4/c1-11(2)12(19-13(17)15(3,4)5)20-14(18)16-9-7-6-8-10-16/h11-12H,6-10H2,1-5H3. The summed E-state index contributed by atoms with van der Waals surface area (Å²) >= 11 is 0. The number of carbonyl (C=O) groups is 2. The molecule has 1 heterocycles. The highest BCUT2D eigenvalue weighted by molar-refractivity contribution is 5.75. The number of likely N-dealkylation sites (tertiary alicyclic amines) is 1. The van der Waals surface area contributed by atoms with Gasteiger partial charge in [0.2, 0.25) is 0 Å². The topological polar surface area (TPSA) is 55.8 Å². The number of hydrogen-bond donors (Lipinski definition) is 0. The summed E-state index contributed by atoms with van der Waals surface area (Å²) in [5.41, 5.74) is -0.606. The summed E-state index contributed by atoms with van der Waals surface area (Å²) in [6.45, 7) is 10.5. The fraction of sp³-hybridized carbons (Fsp3) is 0.867. The van der Waals surface area contributed by atoms with Gasteiger partial charge in [-0.3, -0.25) is 4.79 Å². The molecule has 116 valence electrons. The summed E-state index contributed by atoms with van der Waals surface area (Å²) in [5.74, 6) is -0.433. The van der Waals surface area contributed by atoms with Gasteiger partial charge in [0.15, 0.2) is 0 Å². The third-order valence-electron chi connectivity index (χ3n) is 3.21. The zero-order valence-corrected chi connectivity index (χ0v) is 13.3. The van der Waals surface area contributed by atoms with Crippen molar-refractivity contribution in [2.75, 3.05) is 13.1 Å². The molecule has 1 atom stereocenters. The van der Waals surface area contributed by atoms with Gasteiger partial charge in [-0.1, -0.05) is 13.8 Å². The van der Waals surface area contributed by atoms with Crippen LogP contribution in [-0.4, -0.2) is 36.3 Å². The molecule has 1 amide bonds. The first kappa shape index (κ1) is 16.8. The molecule has 5 heteroatoms. The van der Waals surface area contributed by atoms with Crippen LogP contribution in [0.3, 0.4) is 0 Å². The summed E-state index contributed by atoms with van der Waals surface area (Å²) in [6, 6.07) is 0. The molecule has 0 saturated carbocycles. The Bertz CT molecular complexity index is 340. The van der Waals surface area contributed by atoms with Crippen molar-refractivity contribution in [1.29, 1.82) is 0 Å². The molecule has 0 spiro atoms. The summed E-state index contributed by atoms with van der Waals surface area (Å²) in [5, 5.41) is 0. The Morgan fingerprint density at radius 1 is 1.00 bits per heavy atom. The third kappa shape index (κ3) is 5.02. The highest BCUT2D eigenvalue weighted by Crippen LogP contribution is 2.20. The molecule has 5 nitrogen and oxygen atoms in total. The molecule has 0 aromatic heterocycles. The maximum Gasteiger partial charge on any atom is 0.412 e. The Kier molecular flexibility index (Phi) is 5.84. The SMILES string of the molecule is CC(C)C(OC(=O)N1CCCCC1)OC(=O)C(C)(C)C. The molecule has 20 heavy (non-hydrogen) atoms. The second-order valence-electron chi connectivity index (χ2n) is 6.70. The van der Waals surface area contributed by atoms with Crippen molar-refractivity contribution < 1.29 is 19.1 Å². The Balaban J connectivity index is 2.58. The molecule has 1 rings (SSSR count). The van der Waals surface area contributed by atoms with Gasteiger partial charge in [-0.2, -0.15) is 0 Å². The fourth-order valence-electron chi connectivity index (χ4n) is 1.83. The van der Waals surface area contributed by atoms with E-state index in [1.807, 2.05) is 13.8 Å². The third-order valence-corrected chi connectivity index (χ3v) is 3.21. The lowest BCUT2D eigenvalue weighted by atomic mass is 9.97. The molecular formula is C15H27NO4. The maximum absolute atomic E-state index is 12.1. The number of carbonyl (C=O) groups excluding carboxylic acids is 2.